The average molecular weight is 409 g/mol. The molecule has 4 aromatic rings. The summed E-state index contributed by atoms with van der Waals surface area (Å²) in [6, 6.07) is 11.3. The molecule has 29 heavy (non-hydrogen) atoms. The van der Waals surface area contributed by atoms with E-state index in [1.165, 1.54) is 28.2 Å². The maximum atomic E-state index is 12.5. The number of nitrogens with zero attached hydrogens (tertiary/aromatic N) is 4. The Hall–Kier alpha value is -3.79. The first-order chi connectivity index (χ1) is 14.0. The molecule has 10 heteroatoms. The van der Waals surface area contributed by atoms with E-state index in [0.29, 0.717) is 33.7 Å². The van der Waals surface area contributed by atoms with Crippen molar-refractivity contribution in [3.05, 3.63) is 75.6 Å². The van der Waals surface area contributed by atoms with Gasteiger partial charge in [-0.2, -0.15) is 5.10 Å². The van der Waals surface area contributed by atoms with E-state index in [-0.39, 0.29) is 18.0 Å². The van der Waals surface area contributed by atoms with Crippen molar-refractivity contribution < 1.29 is 14.1 Å². The van der Waals surface area contributed by atoms with E-state index in [1.807, 2.05) is 11.4 Å². The second-order valence-corrected chi connectivity index (χ2v) is 7.06. The van der Waals surface area contributed by atoms with Gasteiger partial charge in [-0.25, -0.2) is 9.67 Å². The van der Waals surface area contributed by atoms with Crippen molar-refractivity contribution in [2.24, 2.45) is 0 Å². The first-order valence-corrected chi connectivity index (χ1v) is 9.47. The van der Waals surface area contributed by atoms with Crippen LogP contribution in [0.25, 0.3) is 16.5 Å². The Morgan fingerprint density at radius 1 is 1.31 bits per heavy atom. The Morgan fingerprint density at radius 2 is 2.10 bits per heavy atom. The summed E-state index contributed by atoms with van der Waals surface area (Å²) < 4.78 is 6.85. The zero-order valence-corrected chi connectivity index (χ0v) is 16.0. The minimum absolute atomic E-state index is 0.0147. The van der Waals surface area contributed by atoms with Gasteiger partial charge in [0.2, 0.25) is 5.91 Å². The van der Waals surface area contributed by atoms with Crippen molar-refractivity contribution in [2.45, 2.75) is 13.3 Å². The number of furan rings is 1. The van der Waals surface area contributed by atoms with Gasteiger partial charge in [-0.15, -0.1) is 11.3 Å². The lowest BCUT2D eigenvalue weighted by Crippen LogP contribution is -2.17. The van der Waals surface area contributed by atoms with E-state index < -0.39 is 4.92 Å². The number of anilines is 1. The number of carbonyl (C=O) groups excluding carboxylic acids is 1. The molecule has 0 aliphatic heterocycles. The van der Waals surface area contributed by atoms with Gasteiger partial charge in [-0.3, -0.25) is 14.9 Å². The Bertz CT molecular complexity index is 1160. The van der Waals surface area contributed by atoms with Crippen LogP contribution in [0.15, 0.2) is 58.5 Å². The summed E-state index contributed by atoms with van der Waals surface area (Å²) in [5, 5.41) is 20.5. The third-order valence-corrected chi connectivity index (χ3v) is 4.94. The normalized spacial score (nSPS) is 10.8. The van der Waals surface area contributed by atoms with Crippen LogP contribution in [0.5, 0.6) is 0 Å². The molecule has 0 unspecified atom stereocenters. The number of hydrogen-bond acceptors (Lipinski definition) is 7. The largest absolute Gasteiger partial charge is 0.462 e. The van der Waals surface area contributed by atoms with Gasteiger partial charge in [0.25, 0.3) is 5.69 Å². The maximum Gasteiger partial charge on any atom is 0.269 e. The Balaban J connectivity index is 1.49. The molecule has 0 radical (unpaired) electrons. The first kappa shape index (κ1) is 18.6. The molecular formula is C19H15N5O4S. The van der Waals surface area contributed by atoms with E-state index in [0.717, 1.165) is 0 Å². The number of aromatic nitrogens is 3. The van der Waals surface area contributed by atoms with Crippen molar-refractivity contribution in [3.63, 3.8) is 0 Å². The number of carbonyl (C=O) groups is 1. The number of aryl methyl sites for hydroxylation is 1. The SMILES string of the molecule is Cc1cc(NC(=O)Cc2csc(-c3ccco3)n2)n(-c2ccc([N+](=O)[O-])cc2)n1. The highest BCUT2D eigenvalue weighted by atomic mass is 32.1. The fraction of sp³-hybridized carbons (Fsp3) is 0.105. The van der Waals surface area contributed by atoms with Crippen LogP contribution in [0.3, 0.4) is 0 Å². The number of rotatable bonds is 6. The summed E-state index contributed by atoms with van der Waals surface area (Å²) in [6.07, 6.45) is 1.67. The molecule has 0 aliphatic rings. The minimum Gasteiger partial charge on any atom is -0.462 e. The van der Waals surface area contributed by atoms with Crippen LogP contribution in [0.4, 0.5) is 11.5 Å². The van der Waals surface area contributed by atoms with Gasteiger partial charge in [-0.05, 0) is 31.2 Å². The summed E-state index contributed by atoms with van der Waals surface area (Å²) in [4.78, 5) is 27.3. The van der Waals surface area contributed by atoms with E-state index in [4.69, 9.17) is 4.42 Å². The van der Waals surface area contributed by atoms with Gasteiger partial charge in [0, 0.05) is 23.6 Å². The molecule has 0 bridgehead atoms. The fourth-order valence-corrected chi connectivity index (χ4v) is 3.54. The van der Waals surface area contributed by atoms with Gasteiger partial charge in [-0.1, -0.05) is 0 Å². The minimum atomic E-state index is -0.467. The van der Waals surface area contributed by atoms with Gasteiger partial charge in [0.15, 0.2) is 10.8 Å². The third-order valence-electron chi connectivity index (χ3n) is 4.03. The molecule has 1 N–H and O–H groups in total. The number of hydrogen-bond donors (Lipinski definition) is 1. The lowest BCUT2D eigenvalue weighted by atomic mass is 10.3. The smallest absolute Gasteiger partial charge is 0.269 e. The van der Waals surface area contributed by atoms with Gasteiger partial charge >= 0.3 is 0 Å². The van der Waals surface area contributed by atoms with Crippen LogP contribution in [-0.2, 0) is 11.2 Å². The van der Waals surface area contributed by atoms with E-state index in [2.05, 4.69) is 15.4 Å². The molecule has 4 rings (SSSR count). The average Bonchev–Trinajstić information content (AvgIpc) is 3.43. The number of thiazole rings is 1. The molecule has 0 saturated heterocycles. The second-order valence-electron chi connectivity index (χ2n) is 6.20. The maximum absolute atomic E-state index is 12.5. The molecule has 0 atom stereocenters. The molecule has 146 valence electrons. The molecule has 0 aliphatic carbocycles. The summed E-state index contributed by atoms with van der Waals surface area (Å²) in [5.41, 5.74) is 1.93. The second kappa shape index (κ2) is 7.68. The van der Waals surface area contributed by atoms with Crippen molar-refractivity contribution in [1.29, 1.82) is 0 Å². The lowest BCUT2D eigenvalue weighted by Gasteiger charge is -2.08. The Morgan fingerprint density at radius 3 is 2.79 bits per heavy atom. The van der Waals surface area contributed by atoms with E-state index >= 15 is 0 Å². The molecule has 0 saturated carbocycles. The van der Waals surface area contributed by atoms with Crippen molar-refractivity contribution in [1.82, 2.24) is 14.8 Å². The van der Waals surface area contributed by atoms with E-state index in [1.54, 1.807) is 37.5 Å². The monoisotopic (exact) mass is 409 g/mol. The molecule has 0 fully saturated rings. The van der Waals surface area contributed by atoms with Crippen LogP contribution in [-0.4, -0.2) is 25.6 Å². The zero-order chi connectivity index (χ0) is 20.4. The lowest BCUT2D eigenvalue weighted by molar-refractivity contribution is -0.384. The van der Waals surface area contributed by atoms with Crippen LogP contribution >= 0.6 is 11.3 Å². The van der Waals surface area contributed by atoms with E-state index in [9.17, 15) is 14.9 Å². The Kier molecular flexibility index (Phi) is 4.92. The van der Waals surface area contributed by atoms with Crippen molar-refractivity contribution in [3.8, 4) is 16.5 Å². The third kappa shape index (κ3) is 4.06. The van der Waals surface area contributed by atoms with Gasteiger partial charge < -0.3 is 9.73 Å². The van der Waals surface area contributed by atoms with Crippen LogP contribution in [0.2, 0.25) is 0 Å². The summed E-state index contributed by atoms with van der Waals surface area (Å²) >= 11 is 1.41. The summed E-state index contributed by atoms with van der Waals surface area (Å²) in [5.74, 6) is 0.890. The number of nitro benzene ring substituents is 1. The number of benzene rings is 1. The first-order valence-electron chi connectivity index (χ1n) is 8.59. The molecule has 9 nitrogen and oxygen atoms in total. The highest BCUT2D eigenvalue weighted by Crippen LogP contribution is 2.24. The Labute approximate surface area is 168 Å². The highest BCUT2D eigenvalue weighted by Gasteiger charge is 2.15. The number of nitro groups is 1. The predicted octanol–water partition coefficient (Wildman–Crippen LogP) is 3.99. The van der Waals surface area contributed by atoms with Crippen LogP contribution in [0.1, 0.15) is 11.4 Å². The zero-order valence-electron chi connectivity index (χ0n) is 15.2. The number of non-ortho nitro benzene ring substituents is 1. The van der Waals surface area contributed by atoms with Gasteiger partial charge in [0.05, 0.1) is 34.7 Å². The fourth-order valence-electron chi connectivity index (χ4n) is 2.75. The summed E-state index contributed by atoms with van der Waals surface area (Å²) in [7, 11) is 0. The molecule has 0 spiro atoms. The van der Waals surface area contributed by atoms with Crippen LogP contribution in [0, 0.1) is 17.0 Å². The topological polar surface area (TPSA) is 116 Å². The molecule has 3 aromatic heterocycles. The van der Waals surface area contributed by atoms with Crippen molar-refractivity contribution >= 4 is 28.7 Å². The standard InChI is InChI=1S/C19H15N5O4S/c1-12-9-17(23(22-12)14-4-6-15(7-5-14)24(26)27)21-18(25)10-13-11-29-19(20-13)16-3-2-8-28-16/h2-9,11H,10H2,1H3,(H,21,25). The van der Waals surface area contributed by atoms with Crippen LogP contribution < -0.4 is 5.32 Å². The van der Waals surface area contributed by atoms with Crippen molar-refractivity contribution in [2.75, 3.05) is 5.32 Å². The predicted molar refractivity (Wildman–Crippen MR) is 107 cm³/mol. The highest BCUT2D eigenvalue weighted by molar-refractivity contribution is 7.13. The number of amides is 1. The quantitative estimate of drug-likeness (QED) is 0.380. The molecule has 1 amide bonds. The molecule has 1 aromatic carbocycles. The molecule has 3 heterocycles. The molecular weight excluding hydrogens is 394 g/mol. The summed E-state index contributed by atoms with van der Waals surface area (Å²) in [6.45, 7) is 1.80. The number of nitrogens with one attached hydrogen (secondary N) is 1. The van der Waals surface area contributed by atoms with Gasteiger partial charge in [0.1, 0.15) is 5.82 Å².